The molecule has 0 spiro atoms. The largest absolute Gasteiger partial charge is 0.480 e. The van der Waals surface area contributed by atoms with Gasteiger partial charge in [0.05, 0.1) is 6.42 Å². The fraction of sp³-hybridized carbons (Fsp3) is 0.500. The van der Waals surface area contributed by atoms with Gasteiger partial charge in [-0.15, -0.1) is 11.8 Å². The highest BCUT2D eigenvalue weighted by atomic mass is 32.2. The first-order valence-corrected chi connectivity index (χ1v) is 8.67. The standard InChI is InChI=1S/C14H16N2O4S2/c1-14(2)10(13(19)20)16-11(18)9(12(16)22-14)15-8(17)5-7-3-4-21-6-7/h3-4,6,9-10,12H,5H2,1-2H3,(H,15,17)(H,19,20). The van der Waals surface area contributed by atoms with Crippen LogP contribution < -0.4 is 5.32 Å². The summed E-state index contributed by atoms with van der Waals surface area (Å²) in [5, 5.41) is 15.6. The van der Waals surface area contributed by atoms with Crippen molar-refractivity contribution in [1.29, 1.82) is 0 Å². The number of hydrogen-bond acceptors (Lipinski definition) is 5. The fourth-order valence-electron chi connectivity index (χ4n) is 2.95. The van der Waals surface area contributed by atoms with Crippen LogP contribution in [0.3, 0.4) is 0 Å². The van der Waals surface area contributed by atoms with Crippen molar-refractivity contribution in [3.05, 3.63) is 22.4 Å². The number of carboxylic acids is 1. The predicted octanol–water partition coefficient (Wildman–Crippen LogP) is 0.922. The summed E-state index contributed by atoms with van der Waals surface area (Å²) in [5.74, 6) is -1.53. The van der Waals surface area contributed by atoms with Crippen LogP contribution in [0.5, 0.6) is 0 Å². The first-order valence-electron chi connectivity index (χ1n) is 6.84. The quantitative estimate of drug-likeness (QED) is 0.796. The summed E-state index contributed by atoms with van der Waals surface area (Å²) in [4.78, 5) is 37.0. The average molecular weight is 340 g/mol. The molecule has 2 aliphatic rings. The van der Waals surface area contributed by atoms with Gasteiger partial charge in [-0.2, -0.15) is 11.3 Å². The van der Waals surface area contributed by atoms with Gasteiger partial charge in [-0.1, -0.05) is 0 Å². The van der Waals surface area contributed by atoms with E-state index in [0.717, 1.165) is 5.56 Å². The molecule has 6 nitrogen and oxygen atoms in total. The minimum atomic E-state index is -1.00. The Morgan fingerprint density at radius 3 is 2.77 bits per heavy atom. The van der Waals surface area contributed by atoms with Crippen LogP contribution in [0, 0.1) is 0 Å². The average Bonchev–Trinajstić information content (AvgIpc) is 3.00. The summed E-state index contributed by atoms with van der Waals surface area (Å²) in [5.41, 5.74) is 0.911. The molecular weight excluding hydrogens is 324 g/mol. The van der Waals surface area contributed by atoms with Crippen molar-refractivity contribution in [2.75, 3.05) is 0 Å². The Kier molecular flexibility index (Phi) is 3.68. The van der Waals surface area contributed by atoms with Gasteiger partial charge in [0.15, 0.2) is 0 Å². The second-order valence-electron chi connectivity index (χ2n) is 5.95. The molecule has 0 aliphatic carbocycles. The van der Waals surface area contributed by atoms with Gasteiger partial charge in [0.2, 0.25) is 11.8 Å². The van der Waals surface area contributed by atoms with Crippen LogP contribution in [0.4, 0.5) is 0 Å². The number of β-lactam (4-membered cyclic amide) rings is 1. The van der Waals surface area contributed by atoms with Gasteiger partial charge in [-0.05, 0) is 36.2 Å². The third-order valence-corrected chi connectivity index (χ3v) is 6.24. The number of carboxylic acid groups (broad SMARTS) is 1. The van der Waals surface area contributed by atoms with Gasteiger partial charge in [-0.25, -0.2) is 4.79 Å². The van der Waals surface area contributed by atoms with Crippen molar-refractivity contribution in [2.45, 2.75) is 42.5 Å². The van der Waals surface area contributed by atoms with E-state index in [1.807, 2.05) is 30.7 Å². The molecule has 118 valence electrons. The zero-order valence-corrected chi connectivity index (χ0v) is 13.7. The molecule has 8 heteroatoms. The number of fused-ring (bicyclic) bond motifs is 1. The van der Waals surface area contributed by atoms with Gasteiger partial charge < -0.3 is 15.3 Å². The zero-order chi connectivity index (χ0) is 16.1. The molecule has 2 aliphatic heterocycles. The molecule has 0 saturated carbocycles. The van der Waals surface area contributed by atoms with E-state index in [-0.39, 0.29) is 23.6 Å². The Labute approximate surface area is 135 Å². The molecule has 0 bridgehead atoms. The van der Waals surface area contributed by atoms with E-state index in [4.69, 9.17) is 0 Å². The van der Waals surface area contributed by atoms with Crippen molar-refractivity contribution in [3.63, 3.8) is 0 Å². The van der Waals surface area contributed by atoms with E-state index in [2.05, 4.69) is 5.32 Å². The van der Waals surface area contributed by atoms with E-state index in [1.54, 1.807) is 0 Å². The number of rotatable bonds is 4. The van der Waals surface area contributed by atoms with Crippen LogP contribution in [0.25, 0.3) is 0 Å². The lowest BCUT2D eigenvalue weighted by atomic mass is 9.96. The van der Waals surface area contributed by atoms with Gasteiger partial charge in [-0.3, -0.25) is 9.59 Å². The normalized spacial score (nSPS) is 28.9. The third kappa shape index (κ3) is 2.40. The van der Waals surface area contributed by atoms with Crippen molar-refractivity contribution < 1.29 is 19.5 Å². The van der Waals surface area contributed by atoms with E-state index < -0.39 is 22.8 Å². The minimum Gasteiger partial charge on any atom is -0.480 e. The summed E-state index contributed by atoms with van der Waals surface area (Å²) < 4.78 is -0.570. The molecule has 1 aromatic heterocycles. The molecule has 3 unspecified atom stereocenters. The van der Waals surface area contributed by atoms with Crippen LogP contribution >= 0.6 is 23.1 Å². The lowest BCUT2D eigenvalue weighted by Gasteiger charge is -2.43. The van der Waals surface area contributed by atoms with Crippen molar-refractivity contribution in [2.24, 2.45) is 0 Å². The zero-order valence-electron chi connectivity index (χ0n) is 12.1. The maximum atomic E-state index is 12.2. The van der Waals surface area contributed by atoms with Crippen LogP contribution in [-0.4, -0.2) is 50.0 Å². The molecule has 3 heterocycles. The summed E-state index contributed by atoms with van der Waals surface area (Å²) in [7, 11) is 0. The number of nitrogens with zero attached hydrogens (tertiary/aromatic N) is 1. The van der Waals surface area contributed by atoms with Gasteiger partial charge >= 0.3 is 5.97 Å². The monoisotopic (exact) mass is 340 g/mol. The summed E-state index contributed by atoms with van der Waals surface area (Å²) >= 11 is 2.94. The van der Waals surface area contributed by atoms with Crippen LogP contribution in [-0.2, 0) is 20.8 Å². The molecule has 2 amide bonds. The lowest BCUT2D eigenvalue weighted by molar-refractivity contribution is -0.161. The highest BCUT2D eigenvalue weighted by Gasteiger charge is 2.64. The molecule has 3 atom stereocenters. The maximum Gasteiger partial charge on any atom is 0.327 e. The Hall–Kier alpha value is -1.54. The molecule has 22 heavy (non-hydrogen) atoms. The van der Waals surface area contributed by atoms with Crippen molar-refractivity contribution in [3.8, 4) is 0 Å². The summed E-state index contributed by atoms with van der Waals surface area (Å²) in [6.45, 7) is 3.62. The predicted molar refractivity (Wildman–Crippen MR) is 83.7 cm³/mol. The Bertz CT molecular complexity index is 629. The molecule has 2 N–H and O–H groups in total. The fourth-order valence-corrected chi connectivity index (χ4v) is 5.24. The smallest absolute Gasteiger partial charge is 0.327 e. The molecular formula is C14H16N2O4S2. The number of amides is 2. The topological polar surface area (TPSA) is 86.7 Å². The molecule has 3 rings (SSSR count). The number of nitrogens with one attached hydrogen (secondary N) is 1. The first-order chi connectivity index (χ1) is 10.3. The molecule has 1 aromatic rings. The van der Waals surface area contributed by atoms with Crippen molar-refractivity contribution >= 4 is 40.9 Å². The molecule has 0 radical (unpaired) electrons. The van der Waals surface area contributed by atoms with E-state index in [9.17, 15) is 19.5 Å². The van der Waals surface area contributed by atoms with Gasteiger partial charge in [0.1, 0.15) is 17.5 Å². The van der Waals surface area contributed by atoms with E-state index in [1.165, 1.54) is 28.0 Å². The maximum absolute atomic E-state index is 12.2. The van der Waals surface area contributed by atoms with Crippen LogP contribution in [0.1, 0.15) is 19.4 Å². The number of aliphatic carboxylic acids is 1. The number of hydrogen-bond donors (Lipinski definition) is 2. The Morgan fingerprint density at radius 1 is 1.45 bits per heavy atom. The second kappa shape index (κ2) is 5.27. The van der Waals surface area contributed by atoms with E-state index >= 15 is 0 Å². The van der Waals surface area contributed by atoms with Crippen LogP contribution in [0.15, 0.2) is 16.8 Å². The molecule has 2 saturated heterocycles. The van der Waals surface area contributed by atoms with Gasteiger partial charge in [0, 0.05) is 4.75 Å². The first kappa shape index (κ1) is 15.4. The Morgan fingerprint density at radius 2 is 2.18 bits per heavy atom. The SMILES string of the molecule is CC1(C)SC2C(NC(=O)Cc3ccsc3)C(=O)N2C1C(=O)O. The number of thioether (sulfide) groups is 1. The second-order valence-corrected chi connectivity index (χ2v) is 8.50. The summed E-state index contributed by atoms with van der Waals surface area (Å²) in [6, 6.07) is 0.396. The minimum absolute atomic E-state index is 0.214. The highest BCUT2D eigenvalue weighted by molar-refractivity contribution is 8.01. The van der Waals surface area contributed by atoms with Crippen molar-refractivity contribution in [1.82, 2.24) is 10.2 Å². The van der Waals surface area contributed by atoms with Crippen LogP contribution in [0.2, 0.25) is 0 Å². The summed E-state index contributed by atoms with van der Waals surface area (Å²) in [6.07, 6.45) is 0.233. The number of thiophene rings is 1. The lowest BCUT2D eigenvalue weighted by Crippen LogP contribution is -2.70. The van der Waals surface area contributed by atoms with Gasteiger partial charge in [0.25, 0.3) is 0 Å². The highest BCUT2D eigenvalue weighted by Crippen LogP contribution is 2.50. The van der Waals surface area contributed by atoms with E-state index in [0.29, 0.717) is 0 Å². The number of carbonyl (C=O) groups is 3. The molecule has 2 fully saturated rings. The Balaban J connectivity index is 1.67. The third-order valence-electron chi connectivity index (χ3n) is 3.94. The number of carbonyl (C=O) groups excluding carboxylic acids is 2. The molecule has 0 aromatic carbocycles.